The largest absolute Gasteiger partial charge is 0.398 e. The number of nitrogens with one attached hydrogen (secondary N) is 1. The second-order valence-electron chi connectivity index (χ2n) is 2.45. The van der Waals surface area contributed by atoms with Crippen LogP contribution in [-0.4, -0.2) is 10.2 Å². The van der Waals surface area contributed by atoms with Gasteiger partial charge in [0.05, 0.1) is 10.9 Å². The zero-order valence-electron chi connectivity index (χ0n) is 6.20. The number of nitriles is 1. The molecule has 1 aromatic heterocycles. The van der Waals surface area contributed by atoms with E-state index in [1.165, 1.54) is 0 Å². The van der Waals surface area contributed by atoms with Crippen molar-refractivity contribution in [1.29, 1.82) is 5.26 Å². The van der Waals surface area contributed by atoms with Crippen LogP contribution in [0.15, 0.2) is 18.2 Å². The fourth-order valence-electron chi connectivity index (χ4n) is 1.18. The first kappa shape index (κ1) is 6.68. The monoisotopic (exact) mass is 158 g/mol. The molecule has 3 N–H and O–H groups in total. The van der Waals surface area contributed by atoms with E-state index in [1.807, 2.05) is 18.2 Å². The number of nitrogens with zero attached hydrogens (tertiary/aromatic N) is 2. The fraction of sp³-hybridized carbons (Fsp3) is 0. The smallest absolute Gasteiger partial charge is 0.172 e. The SMILES string of the molecule is N#Cc1n[nH]c2cccc(N)c12. The number of anilines is 1. The summed E-state index contributed by atoms with van der Waals surface area (Å²) in [5, 5.41) is 15.9. The molecule has 1 heterocycles. The summed E-state index contributed by atoms with van der Waals surface area (Å²) in [4.78, 5) is 0. The lowest BCUT2D eigenvalue weighted by Crippen LogP contribution is -1.85. The van der Waals surface area contributed by atoms with Crippen LogP contribution in [0.25, 0.3) is 10.9 Å². The standard InChI is InChI=1S/C8H6N4/c9-4-7-8-5(10)2-1-3-6(8)11-12-7/h1-3H,10H2,(H,11,12). The van der Waals surface area contributed by atoms with Crippen molar-refractivity contribution in [1.82, 2.24) is 10.2 Å². The summed E-state index contributed by atoms with van der Waals surface area (Å²) in [6.45, 7) is 0. The molecule has 4 heteroatoms. The van der Waals surface area contributed by atoms with E-state index < -0.39 is 0 Å². The molecule has 0 fully saturated rings. The maximum absolute atomic E-state index is 8.66. The minimum Gasteiger partial charge on any atom is -0.398 e. The lowest BCUT2D eigenvalue weighted by Gasteiger charge is -1.92. The van der Waals surface area contributed by atoms with Crippen molar-refractivity contribution in [2.45, 2.75) is 0 Å². The number of aromatic amines is 1. The van der Waals surface area contributed by atoms with Crippen LogP contribution in [0.4, 0.5) is 5.69 Å². The fourth-order valence-corrected chi connectivity index (χ4v) is 1.18. The van der Waals surface area contributed by atoms with Gasteiger partial charge in [-0.05, 0) is 12.1 Å². The third-order valence-electron chi connectivity index (χ3n) is 1.73. The lowest BCUT2D eigenvalue weighted by atomic mass is 10.2. The number of aromatic nitrogens is 2. The van der Waals surface area contributed by atoms with E-state index in [0.717, 1.165) is 5.52 Å². The first-order valence-electron chi connectivity index (χ1n) is 3.45. The van der Waals surface area contributed by atoms with Crippen LogP contribution in [0, 0.1) is 11.3 Å². The van der Waals surface area contributed by atoms with Crippen molar-refractivity contribution in [2.75, 3.05) is 5.73 Å². The predicted molar refractivity (Wildman–Crippen MR) is 45.2 cm³/mol. The van der Waals surface area contributed by atoms with Crippen LogP contribution in [0.5, 0.6) is 0 Å². The number of H-pyrrole nitrogens is 1. The maximum atomic E-state index is 8.66. The van der Waals surface area contributed by atoms with E-state index in [0.29, 0.717) is 16.8 Å². The van der Waals surface area contributed by atoms with Crippen LogP contribution in [0.2, 0.25) is 0 Å². The summed E-state index contributed by atoms with van der Waals surface area (Å²) < 4.78 is 0. The van der Waals surface area contributed by atoms with Crippen molar-refractivity contribution >= 4 is 16.6 Å². The van der Waals surface area contributed by atoms with E-state index in [1.54, 1.807) is 6.07 Å². The molecular formula is C8H6N4. The highest BCUT2D eigenvalue weighted by Crippen LogP contribution is 2.21. The first-order chi connectivity index (χ1) is 5.83. The van der Waals surface area contributed by atoms with Crippen LogP contribution in [0.3, 0.4) is 0 Å². The summed E-state index contributed by atoms with van der Waals surface area (Å²) in [6.07, 6.45) is 0. The Balaban J connectivity index is 2.95. The molecule has 0 aliphatic carbocycles. The number of fused-ring (bicyclic) bond motifs is 1. The number of nitrogens with two attached hydrogens (primary N) is 1. The lowest BCUT2D eigenvalue weighted by molar-refractivity contribution is 1.10. The summed E-state index contributed by atoms with van der Waals surface area (Å²) in [5.74, 6) is 0. The second kappa shape index (κ2) is 2.24. The quantitative estimate of drug-likeness (QED) is 0.562. The molecule has 4 nitrogen and oxygen atoms in total. The van der Waals surface area contributed by atoms with Gasteiger partial charge in [0, 0.05) is 5.69 Å². The zero-order chi connectivity index (χ0) is 8.55. The Morgan fingerprint density at radius 1 is 1.50 bits per heavy atom. The Kier molecular flexibility index (Phi) is 1.25. The van der Waals surface area contributed by atoms with Crippen LogP contribution >= 0.6 is 0 Å². The van der Waals surface area contributed by atoms with Gasteiger partial charge in [-0.3, -0.25) is 5.10 Å². The molecule has 0 amide bonds. The highest BCUT2D eigenvalue weighted by atomic mass is 15.1. The first-order valence-corrected chi connectivity index (χ1v) is 3.45. The van der Waals surface area contributed by atoms with Gasteiger partial charge in [-0.25, -0.2) is 0 Å². The normalized spacial score (nSPS) is 9.92. The van der Waals surface area contributed by atoms with Crippen LogP contribution < -0.4 is 5.73 Å². The summed E-state index contributed by atoms with van der Waals surface area (Å²) >= 11 is 0. The topological polar surface area (TPSA) is 78.5 Å². The molecule has 0 saturated carbocycles. The van der Waals surface area contributed by atoms with E-state index >= 15 is 0 Å². The molecule has 1 aromatic carbocycles. The Morgan fingerprint density at radius 3 is 3.08 bits per heavy atom. The van der Waals surface area contributed by atoms with Gasteiger partial charge in [0.1, 0.15) is 6.07 Å². The molecule has 0 spiro atoms. The van der Waals surface area contributed by atoms with Gasteiger partial charge in [-0.15, -0.1) is 0 Å². The average molecular weight is 158 g/mol. The summed E-state index contributed by atoms with van der Waals surface area (Å²) in [5.41, 5.74) is 7.40. The zero-order valence-corrected chi connectivity index (χ0v) is 6.20. The molecule has 0 saturated heterocycles. The van der Waals surface area contributed by atoms with Gasteiger partial charge >= 0.3 is 0 Å². The van der Waals surface area contributed by atoms with Gasteiger partial charge in [0.15, 0.2) is 5.69 Å². The molecule has 2 aromatic rings. The molecule has 0 atom stereocenters. The van der Waals surface area contributed by atoms with Crippen LogP contribution in [-0.2, 0) is 0 Å². The molecule has 0 aliphatic rings. The molecular weight excluding hydrogens is 152 g/mol. The number of hydrogen-bond donors (Lipinski definition) is 2. The van der Waals surface area contributed by atoms with Gasteiger partial charge < -0.3 is 5.73 Å². The average Bonchev–Trinajstić information content (AvgIpc) is 2.49. The van der Waals surface area contributed by atoms with Crippen molar-refractivity contribution in [3.8, 4) is 6.07 Å². The number of rotatable bonds is 0. The molecule has 12 heavy (non-hydrogen) atoms. The van der Waals surface area contributed by atoms with Crippen molar-refractivity contribution < 1.29 is 0 Å². The Bertz CT molecular complexity index is 463. The highest BCUT2D eigenvalue weighted by molar-refractivity contribution is 5.94. The van der Waals surface area contributed by atoms with Crippen molar-refractivity contribution in [2.24, 2.45) is 0 Å². The Hall–Kier alpha value is -2.02. The Morgan fingerprint density at radius 2 is 2.33 bits per heavy atom. The second-order valence-corrected chi connectivity index (χ2v) is 2.45. The number of nitrogen functional groups attached to an aromatic ring is 1. The molecule has 0 radical (unpaired) electrons. The van der Waals surface area contributed by atoms with E-state index in [-0.39, 0.29) is 0 Å². The van der Waals surface area contributed by atoms with Gasteiger partial charge in [-0.2, -0.15) is 10.4 Å². The molecule has 58 valence electrons. The molecule has 0 bridgehead atoms. The van der Waals surface area contributed by atoms with Gasteiger partial charge in [0.25, 0.3) is 0 Å². The van der Waals surface area contributed by atoms with Gasteiger partial charge in [0.2, 0.25) is 0 Å². The Labute approximate surface area is 68.6 Å². The van der Waals surface area contributed by atoms with E-state index in [9.17, 15) is 0 Å². The molecule has 0 unspecified atom stereocenters. The van der Waals surface area contributed by atoms with E-state index in [2.05, 4.69) is 10.2 Å². The summed E-state index contributed by atoms with van der Waals surface area (Å²) in [6, 6.07) is 7.37. The number of benzene rings is 1. The maximum Gasteiger partial charge on any atom is 0.172 e. The molecule has 0 aliphatic heterocycles. The molecule has 2 rings (SSSR count). The predicted octanol–water partition coefficient (Wildman–Crippen LogP) is 1.02. The van der Waals surface area contributed by atoms with Crippen molar-refractivity contribution in [3.63, 3.8) is 0 Å². The number of hydrogen-bond acceptors (Lipinski definition) is 3. The third kappa shape index (κ3) is 0.736. The van der Waals surface area contributed by atoms with Gasteiger partial charge in [-0.1, -0.05) is 6.07 Å². The third-order valence-corrected chi connectivity index (χ3v) is 1.73. The van der Waals surface area contributed by atoms with Crippen molar-refractivity contribution in [3.05, 3.63) is 23.9 Å². The summed E-state index contributed by atoms with van der Waals surface area (Å²) in [7, 11) is 0. The highest BCUT2D eigenvalue weighted by Gasteiger charge is 2.06. The minimum absolute atomic E-state index is 0.350. The minimum atomic E-state index is 0.350. The van der Waals surface area contributed by atoms with E-state index in [4.69, 9.17) is 11.0 Å². The van der Waals surface area contributed by atoms with Crippen LogP contribution in [0.1, 0.15) is 5.69 Å².